The second-order valence-electron chi connectivity index (χ2n) is 5.71. The zero-order chi connectivity index (χ0) is 15.8. The Labute approximate surface area is 130 Å². The molecule has 0 saturated heterocycles. The summed E-state index contributed by atoms with van der Waals surface area (Å²) in [4.78, 5) is 13.0. The minimum absolute atomic E-state index is 0.386. The van der Waals surface area contributed by atoms with Crippen LogP contribution in [0, 0.1) is 0 Å². The Bertz CT molecular complexity index is 858. The van der Waals surface area contributed by atoms with Gasteiger partial charge in [-0.2, -0.15) is 4.36 Å². The largest absolute Gasteiger partial charge is 0.282 e. The molecule has 22 heavy (non-hydrogen) atoms. The summed E-state index contributed by atoms with van der Waals surface area (Å²) in [6.45, 7) is 3.65. The van der Waals surface area contributed by atoms with Gasteiger partial charge in [0.05, 0.1) is 14.5 Å². The smallest absolute Gasteiger partial charge is 0.266 e. The van der Waals surface area contributed by atoms with Gasteiger partial charge in [-0.15, -0.1) is 0 Å². The number of amides is 1. The van der Waals surface area contributed by atoms with Gasteiger partial charge in [0.15, 0.2) is 0 Å². The number of carbonyl (C=O) groups excluding carboxylic acids is 1. The molecule has 3 rings (SSSR count). The van der Waals surface area contributed by atoms with Crippen molar-refractivity contribution in [1.29, 1.82) is 0 Å². The van der Waals surface area contributed by atoms with Crippen LogP contribution in [-0.4, -0.2) is 14.9 Å². The quantitative estimate of drug-likeness (QED) is 0.789. The van der Waals surface area contributed by atoms with Gasteiger partial charge < -0.3 is 0 Å². The van der Waals surface area contributed by atoms with Crippen LogP contribution in [0.3, 0.4) is 0 Å². The number of hydrogen-bond acceptors (Lipinski definition) is 2. The first kappa shape index (κ1) is 14.7. The van der Waals surface area contributed by atoms with Crippen molar-refractivity contribution in [2.45, 2.75) is 23.5 Å². The molecule has 1 unspecified atom stereocenters. The molecule has 0 saturated carbocycles. The van der Waals surface area contributed by atoms with Gasteiger partial charge in [-0.3, -0.25) is 4.79 Å². The number of hydrogen-bond donors (Lipinski definition) is 0. The highest BCUT2D eigenvalue weighted by Gasteiger charge is 2.46. The molecule has 2 aromatic rings. The van der Waals surface area contributed by atoms with Crippen molar-refractivity contribution in [2.24, 2.45) is 4.36 Å². The van der Waals surface area contributed by atoms with Gasteiger partial charge >= 0.3 is 0 Å². The molecule has 1 atom stereocenters. The molecule has 4 heteroatoms. The van der Waals surface area contributed by atoms with Crippen LogP contribution in [0.2, 0.25) is 0 Å². The van der Waals surface area contributed by atoms with E-state index < -0.39 is 14.5 Å². The molecule has 0 radical (unpaired) electrons. The Balaban J connectivity index is 2.15. The molecule has 0 spiro atoms. The average Bonchev–Trinajstić information content (AvgIpc) is 2.70. The summed E-state index contributed by atoms with van der Waals surface area (Å²) in [6.07, 6.45) is 1.79. The molecule has 0 fully saturated rings. The van der Waals surface area contributed by atoms with Gasteiger partial charge in [0, 0.05) is 10.5 Å². The van der Waals surface area contributed by atoms with Crippen molar-refractivity contribution in [1.82, 2.24) is 0 Å². The molecule has 1 amide bonds. The summed E-state index contributed by atoms with van der Waals surface area (Å²) in [7, 11) is -2.82. The predicted molar refractivity (Wildman–Crippen MR) is 88.8 cm³/mol. The summed E-state index contributed by atoms with van der Waals surface area (Å²) < 4.78 is 16.6. The molecule has 1 aliphatic heterocycles. The monoisotopic (exact) mass is 311 g/mol. The van der Waals surface area contributed by atoms with Crippen LogP contribution in [0.4, 0.5) is 0 Å². The summed E-state index contributed by atoms with van der Waals surface area (Å²) in [5, 5.41) is 0. The third-order valence-corrected chi connectivity index (χ3v) is 6.89. The molecule has 1 heterocycles. The van der Waals surface area contributed by atoms with Gasteiger partial charge in [-0.05, 0) is 37.6 Å². The van der Waals surface area contributed by atoms with E-state index in [0.29, 0.717) is 10.5 Å². The number of carbonyl (C=O) groups is 1. The summed E-state index contributed by atoms with van der Waals surface area (Å²) in [6, 6.07) is 18.6. The highest BCUT2D eigenvalue weighted by atomic mass is 32.2. The molecule has 0 aromatic heterocycles. The predicted octanol–water partition coefficient (Wildman–Crippen LogP) is 3.92. The van der Waals surface area contributed by atoms with E-state index in [1.807, 2.05) is 62.4 Å². The van der Waals surface area contributed by atoms with Crippen molar-refractivity contribution >= 4 is 21.7 Å². The average molecular weight is 311 g/mol. The Hall–Kier alpha value is -2.20. The van der Waals surface area contributed by atoms with E-state index in [1.165, 1.54) is 0 Å². The Morgan fingerprint density at radius 3 is 2.09 bits per heavy atom. The first-order chi connectivity index (χ1) is 10.4. The van der Waals surface area contributed by atoms with Crippen LogP contribution in [0.25, 0.3) is 6.08 Å². The fourth-order valence-corrected chi connectivity index (χ4v) is 4.82. The first-order valence-corrected chi connectivity index (χ1v) is 8.60. The van der Waals surface area contributed by atoms with Crippen LogP contribution in [-0.2, 0) is 14.5 Å². The first-order valence-electron chi connectivity index (χ1n) is 7.08. The molecule has 0 bridgehead atoms. The van der Waals surface area contributed by atoms with Crippen LogP contribution >= 0.6 is 0 Å². The number of rotatable bonds is 2. The summed E-state index contributed by atoms with van der Waals surface area (Å²) in [5.41, 5.74) is 1.40. The summed E-state index contributed by atoms with van der Waals surface area (Å²) in [5.74, 6) is -0.386. The van der Waals surface area contributed by atoms with Gasteiger partial charge in [0.1, 0.15) is 0 Å². The lowest BCUT2D eigenvalue weighted by molar-refractivity contribution is -0.114. The summed E-state index contributed by atoms with van der Waals surface area (Å²) >= 11 is 0. The highest BCUT2D eigenvalue weighted by Crippen LogP contribution is 2.40. The molecule has 112 valence electrons. The molecule has 3 nitrogen and oxygen atoms in total. The minimum atomic E-state index is -2.82. The normalized spacial score (nSPS) is 25.2. The van der Waals surface area contributed by atoms with Gasteiger partial charge in [-0.1, -0.05) is 48.5 Å². The van der Waals surface area contributed by atoms with Crippen LogP contribution < -0.4 is 0 Å². The maximum atomic E-state index is 13.4. The third kappa shape index (κ3) is 2.20. The van der Waals surface area contributed by atoms with Crippen molar-refractivity contribution in [3.63, 3.8) is 0 Å². The third-order valence-electron chi connectivity index (χ3n) is 3.96. The zero-order valence-electron chi connectivity index (χ0n) is 12.5. The van der Waals surface area contributed by atoms with Crippen molar-refractivity contribution in [3.8, 4) is 0 Å². The number of nitrogens with zero attached hydrogens (tertiary/aromatic N) is 1. The second kappa shape index (κ2) is 5.21. The van der Waals surface area contributed by atoms with Crippen LogP contribution in [0.1, 0.15) is 19.4 Å². The van der Waals surface area contributed by atoms with Gasteiger partial charge in [0.2, 0.25) is 0 Å². The fraction of sp³-hybridized carbons (Fsp3) is 0.167. The van der Waals surface area contributed by atoms with Crippen LogP contribution in [0.15, 0.2) is 75.5 Å². The topological polar surface area (TPSA) is 46.5 Å². The maximum absolute atomic E-state index is 13.4. The van der Waals surface area contributed by atoms with Crippen LogP contribution in [0.5, 0.6) is 0 Å². The number of benzene rings is 2. The molecular weight excluding hydrogens is 294 g/mol. The van der Waals surface area contributed by atoms with E-state index in [0.717, 1.165) is 5.56 Å². The molecule has 0 aliphatic carbocycles. The van der Waals surface area contributed by atoms with Crippen molar-refractivity contribution in [3.05, 3.63) is 71.8 Å². The molecular formula is C18H17NO2S. The van der Waals surface area contributed by atoms with E-state index in [1.54, 1.807) is 18.2 Å². The Kier molecular flexibility index (Phi) is 3.49. The van der Waals surface area contributed by atoms with Crippen molar-refractivity contribution in [2.75, 3.05) is 0 Å². The highest BCUT2D eigenvalue weighted by molar-refractivity contribution is 7.96. The zero-order valence-corrected chi connectivity index (χ0v) is 13.3. The lowest BCUT2D eigenvalue weighted by Crippen LogP contribution is -2.30. The lowest BCUT2D eigenvalue weighted by atomic mass is 9.99. The van der Waals surface area contributed by atoms with E-state index in [9.17, 15) is 9.00 Å². The van der Waals surface area contributed by atoms with E-state index in [4.69, 9.17) is 0 Å². The fourth-order valence-electron chi connectivity index (χ4n) is 2.59. The van der Waals surface area contributed by atoms with E-state index in [-0.39, 0.29) is 5.91 Å². The van der Waals surface area contributed by atoms with Gasteiger partial charge in [-0.25, -0.2) is 4.21 Å². The molecule has 1 aliphatic rings. The Morgan fingerprint density at radius 2 is 1.50 bits per heavy atom. The maximum Gasteiger partial charge on any atom is 0.282 e. The second-order valence-corrected chi connectivity index (χ2v) is 8.44. The minimum Gasteiger partial charge on any atom is -0.266 e. The van der Waals surface area contributed by atoms with E-state index in [2.05, 4.69) is 4.36 Å². The Morgan fingerprint density at radius 1 is 0.955 bits per heavy atom. The molecule has 2 aromatic carbocycles. The van der Waals surface area contributed by atoms with Crippen molar-refractivity contribution < 1.29 is 9.00 Å². The van der Waals surface area contributed by atoms with E-state index >= 15 is 0 Å². The standard InChI is InChI=1S/C18H17NO2S/c1-18(2)16(13-14-9-5-3-6-10-14)17(20)19-22(18,21)15-11-7-4-8-12-15/h3-13H,1-2H3/b16-13-. The lowest BCUT2D eigenvalue weighted by Gasteiger charge is -2.23. The SMILES string of the molecule is CC1(C)/C(=C\c2ccccc2)C(=O)N=S1(=O)c1ccccc1. The van der Waals surface area contributed by atoms with Gasteiger partial charge in [0.25, 0.3) is 5.91 Å². The molecule has 0 N–H and O–H groups in total.